The van der Waals surface area contributed by atoms with Gasteiger partial charge in [0.2, 0.25) is 5.95 Å². The van der Waals surface area contributed by atoms with Gasteiger partial charge in [-0.15, -0.1) is 12.6 Å². The van der Waals surface area contributed by atoms with Crippen LogP contribution in [0.5, 0.6) is 0 Å². The normalized spacial score (nSPS) is 15.1. The predicted molar refractivity (Wildman–Crippen MR) is 53.7 cm³/mol. The van der Waals surface area contributed by atoms with Crippen molar-refractivity contribution in [3.8, 4) is 0 Å². The summed E-state index contributed by atoms with van der Waals surface area (Å²) in [7, 11) is 0. The number of hydrogen-bond acceptors (Lipinski definition) is 5. The maximum Gasteiger partial charge on any atom is 0.260 e. The van der Waals surface area contributed by atoms with Gasteiger partial charge in [-0.2, -0.15) is 0 Å². The number of thiol groups is 1. The average Bonchev–Trinajstić information content (AvgIpc) is 2.44. The minimum Gasteiger partial charge on any atom is -0.292 e. The maximum absolute atomic E-state index is 11.2. The number of imide groups is 1. The Morgan fingerprint density at radius 3 is 2.33 bits per heavy atom. The monoisotopic (exact) mass is 223 g/mol. The van der Waals surface area contributed by atoms with Gasteiger partial charge in [-0.05, 0) is 0 Å². The number of carbonyl (C=O) groups excluding carboxylic acids is 2. The molecular weight excluding hydrogens is 218 g/mol. The van der Waals surface area contributed by atoms with E-state index in [0.717, 1.165) is 23.1 Å². The van der Waals surface area contributed by atoms with Crippen molar-refractivity contribution in [1.82, 2.24) is 9.97 Å². The van der Waals surface area contributed by atoms with E-state index in [1.807, 2.05) is 0 Å². The Bertz CT molecular complexity index is 516. The van der Waals surface area contributed by atoms with Gasteiger partial charge in [0.05, 0.1) is 0 Å². The Labute approximate surface area is 89.0 Å². The summed E-state index contributed by atoms with van der Waals surface area (Å²) in [6.45, 7) is 0. The molecule has 0 fully saturated rings. The third-order valence-electron chi connectivity index (χ3n) is 1.74. The van der Waals surface area contributed by atoms with Gasteiger partial charge in [-0.25, -0.2) is 9.88 Å². The quantitative estimate of drug-likeness (QED) is 0.381. The second-order valence-corrected chi connectivity index (χ2v) is 3.23. The van der Waals surface area contributed by atoms with E-state index in [0.29, 0.717) is 0 Å². The standard InChI is InChI=1S/C8H5N3O3S/c12-4-3-5(15)10-8(9-4)11-6(13)1-2-7(11)14/h1-3H,(H2,9,10,12,15). The second kappa shape index (κ2) is 3.35. The molecular formula is C8H5N3O3S. The first kappa shape index (κ1) is 9.66. The first-order chi connectivity index (χ1) is 7.08. The van der Waals surface area contributed by atoms with Crippen LogP contribution in [0.3, 0.4) is 0 Å². The molecule has 76 valence electrons. The van der Waals surface area contributed by atoms with Crippen molar-refractivity contribution in [2.24, 2.45) is 0 Å². The van der Waals surface area contributed by atoms with Gasteiger partial charge in [0.25, 0.3) is 17.4 Å². The van der Waals surface area contributed by atoms with Gasteiger partial charge in [0, 0.05) is 18.2 Å². The number of carbonyl (C=O) groups is 2. The Balaban J connectivity index is 2.51. The fourth-order valence-corrected chi connectivity index (χ4v) is 1.36. The highest BCUT2D eigenvalue weighted by molar-refractivity contribution is 7.80. The van der Waals surface area contributed by atoms with Gasteiger partial charge in [0.15, 0.2) is 0 Å². The predicted octanol–water partition coefficient (Wildman–Crippen LogP) is -0.512. The number of hydrogen-bond donors (Lipinski definition) is 2. The fraction of sp³-hybridized carbons (Fsp3) is 0. The Kier molecular flexibility index (Phi) is 2.16. The smallest absolute Gasteiger partial charge is 0.260 e. The van der Waals surface area contributed by atoms with E-state index in [1.54, 1.807) is 0 Å². The van der Waals surface area contributed by atoms with Crippen molar-refractivity contribution in [2.45, 2.75) is 5.03 Å². The van der Waals surface area contributed by atoms with Crippen molar-refractivity contribution < 1.29 is 9.59 Å². The van der Waals surface area contributed by atoms with E-state index in [-0.39, 0.29) is 11.0 Å². The summed E-state index contributed by atoms with van der Waals surface area (Å²) in [4.78, 5) is 40.4. The van der Waals surface area contributed by atoms with E-state index in [4.69, 9.17) is 0 Å². The maximum atomic E-state index is 11.2. The van der Waals surface area contributed by atoms with Crippen LogP contribution >= 0.6 is 12.6 Å². The number of amides is 2. The molecule has 0 aromatic carbocycles. The summed E-state index contributed by atoms with van der Waals surface area (Å²) < 4.78 is 0. The van der Waals surface area contributed by atoms with Crippen molar-refractivity contribution >= 4 is 30.4 Å². The summed E-state index contributed by atoms with van der Waals surface area (Å²) in [6.07, 6.45) is 2.21. The van der Waals surface area contributed by atoms with E-state index >= 15 is 0 Å². The molecule has 7 heteroatoms. The van der Waals surface area contributed by atoms with Gasteiger partial charge >= 0.3 is 0 Å². The van der Waals surface area contributed by atoms with Gasteiger partial charge in [-0.1, -0.05) is 0 Å². The fourth-order valence-electron chi connectivity index (χ4n) is 1.15. The van der Waals surface area contributed by atoms with Crippen molar-refractivity contribution in [2.75, 3.05) is 4.90 Å². The lowest BCUT2D eigenvalue weighted by molar-refractivity contribution is -0.120. The highest BCUT2D eigenvalue weighted by Gasteiger charge is 2.27. The molecule has 1 aliphatic heterocycles. The topological polar surface area (TPSA) is 83.1 Å². The molecule has 2 amide bonds. The van der Waals surface area contributed by atoms with Gasteiger partial charge < -0.3 is 0 Å². The molecule has 1 aliphatic rings. The zero-order valence-corrected chi connectivity index (χ0v) is 8.19. The molecule has 0 radical (unpaired) electrons. The summed E-state index contributed by atoms with van der Waals surface area (Å²) in [5.74, 6) is -1.20. The molecule has 15 heavy (non-hydrogen) atoms. The van der Waals surface area contributed by atoms with Crippen LogP contribution in [0, 0.1) is 0 Å². The number of rotatable bonds is 1. The molecule has 2 heterocycles. The average molecular weight is 223 g/mol. The van der Waals surface area contributed by atoms with E-state index in [9.17, 15) is 14.4 Å². The molecule has 0 bridgehead atoms. The number of anilines is 1. The number of aromatic nitrogens is 2. The van der Waals surface area contributed by atoms with Crippen LogP contribution < -0.4 is 10.5 Å². The molecule has 0 spiro atoms. The number of H-pyrrole nitrogens is 1. The highest BCUT2D eigenvalue weighted by atomic mass is 32.1. The number of aromatic amines is 1. The van der Waals surface area contributed by atoms with Crippen LogP contribution in [0.25, 0.3) is 0 Å². The van der Waals surface area contributed by atoms with E-state index < -0.39 is 17.4 Å². The van der Waals surface area contributed by atoms with Crippen molar-refractivity contribution in [3.63, 3.8) is 0 Å². The number of nitrogens with one attached hydrogen (secondary N) is 1. The number of nitrogens with zero attached hydrogens (tertiary/aromatic N) is 2. The Morgan fingerprint density at radius 2 is 1.80 bits per heavy atom. The molecule has 1 aromatic heterocycles. The van der Waals surface area contributed by atoms with Gasteiger partial charge in [-0.3, -0.25) is 19.4 Å². The lowest BCUT2D eigenvalue weighted by Gasteiger charge is -2.11. The van der Waals surface area contributed by atoms with Crippen molar-refractivity contribution in [3.05, 3.63) is 28.6 Å². The second-order valence-electron chi connectivity index (χ2n) is 2.77. The molecule has 1 aromatic rings. The summed E-state index contributed by atoms with van der Waals surface area (Å²) in [6, 6.07) is 1.14. The van der Waals surface area contributed by atoms with Crippen LogP contribution in [0.2, 0.25) is 0 Å². The molecule has 2 rings (SSSR count). The minimum absolute atomic E-state index is 0.118. The van der Waals surface area contributed by atoms with Crippen LogP contribution in [0.15, 0.2) is 28.0 Å². The summed E-state index contributed by atoms with van der Waals surface area (Å²) in [5.41, 5.74) is -0.475. The van der Waals surface area contributed by atoms with Crippen LogP contribution in [-0.2, 0) is 9.59 Å². The molecule has 0 atom stereocenters. The SMILES string of the molecule is O=C1C=CC(=O)N1c1nc(S)cc(=O)[nH]1. The van der Waals surface area contributed by atoms with Crippen LogP contribution in [0.4, 0.5) is 5.95 Å². The molecule has 6 nitrogen and oxygen atoms in total. The first-order valence-electron chi connectivity index (χ1n) is 3.94. The van der Waals surface area contributed by atoms with E-state index in [2.05, 4.69) is 22.6 Å². The molecule has 0 aliphatic carbocycles. The van der Waals surface area contributed by atoms with E-state index in [1.165, 1.54) is 0 Å². The lowest BCUT2D eigenvalue weighted by Crippen LogP contribution is -2.32. The summed E-state index contributed by atoms with van der Waals surface area (Å²) >= 11 is 3.87. The lowest BCUT2D eigenvalue weighted by atomic mass is 10.6. The Hall–Kier alpha value is -1.89. The Morgan fingerprint density at radius 1 is 1.20 bits per heavy atom. The van der Waals surface area contributed by atoms with Crippen molar-refractivity contribution in [1.29, 1.82) is 0 Å². The molecule has 0 unspecified atom stereocenters. The first-order valence-corrected chi connectivity index (χ1v) is 4.39. The molecule has 0 saturated carbocycles. The summed E-state index contributed by atoms with van der Waals surface area (Å²) in [5, 5.41) is 0.140. The zero-order valence-electron chi connectivity index (χ0n) is 7.30. The van der Waals surface area contributed by atoms with Gasteiger partial charge in [0.1, 0.15) is 5.03 Å². The molecule has 1 N–H and O–H groups in total. The third-order valence-corrected chi connectivity index (χ3v) is 1.97. The van der Waals surface area contributed by atoms with Crippen LogP contribution in [0.1, 0.15) is 0 Å². The zero-order chi connectivity index (χ0) is 11.0. The highest BCUT2D eigenvalue weighted by Crippen LogP contribution is 2.13. The minimum atomic E-state index is -0.540. The third kappa shape index (κ3) is 1.68. The van der Waals surface area contributed by atoms with Crippen LogP contribution in [-0.4, -0.2) is 21.8 Å². The molecule has 0 saturated heterocycles. The largest absolute Gasteiger partial charge is 0.292 e.